The van der Waals surface area contributed by atoms with E-state index in [1.165, 1.54) is 18.2 Å². The van der Waals surface area contributed by atoms with Crippen molar-refractivity contribution in [2.45, 2.75) is 0 Å². The van der Waals surface area contributed by atoms with Crippen molar-refractivity contribution >= 4 is 16.7 Å². The van der Waals surface area contributed by atoms with Crippen LogP contribution in [0.3, 0.4) is 0 Å². The molecule has 3 aromatic rings. The summed E-state index contributed by atoms with van der Waals surface area (Å²) in [5.41, 5.74) is 4.16. The lowest BCUT2D eigenvalue weighted by Gasteiger charge is -2.12. The monoisotopic (exact) mass is 414 g/mol. The molecule has 0 atom stereocenters. The molecule has 1 N–H and O–H groups in total. The van der Waals surface area contributed by atoms with E-state index in [9.17, 15) is 20.9 Å². The highest BCUT2D eigenvalue weighted by Gasteiger charge is 2.38. The smallest absolute Gasteiger partial charge is 0.138 e. The fourth-order valence-electron chi connectivity index (χ4n) is 4.48. The van der Waals surface area contributed by atoms with Crippen LogP contribution in [0.5, 0.6) is 5.75 Å². The Labute approximate surface area is 182 Å². The molecule has 0 aliphatic heterocycles. The summed E-state index contributed by atoms with van der Waals surface area (Å²) in [5, 5.41) is 39.5. The molecule has 5 rings (SSSR count). The van der Waals surface area contributed by atoms with E-state index in [1.54, 1.807) is 36.5 Å². The van der Waals surface area contributed by atoms with Crippen molar-refractivity contribution in [1.29, 1.82) is 15.8 Å². The molecule has 6 heteroatoms. The highest BCUT2D eigenvalue weighted by molar-refractivity contribution is 6.20. The van der Waals surface area contributed by atoms with Crippen LogP contribution in [-0.2, 0) is 0 Å². The number of hydrogen-bond donors (Lipinski definition) is 1. The number of aromatic nitrogens is 1. The van der Waals surface area contributed by atoms with E-state index < -0.39 is 5.82 Å². The van der Waals surface area contributed by atoms with Crippen molar-refractivity contribution in [3.05, 3.63) is 100 Å². The lowest BCUT2D eigenvalue weighted by molar-refractivity contribution is 0.477. The van der Waals surface area contributed by atoms with Gasteiger partial charge >= 0.3 is 0 Å². The number of fused-ring (bicyclic) bond motifs is 4. The molecule has 1 heterocycles. The van der Waals surface area contributed by atoms with Gasteiger partial charge in [0, 0.05) is 45.7 Å². The Morgan fingerprint density at radius 1 is 0.875 bits per heavy atom. The molecule has 0 bridgehead atoms. The maximum atomic E-state index is 15.0. The average Bonchev–Trinajstić information content (AvgIpc) is 3.29. The summed E-state index contributed by atoms with van der Waals surface area (Å²) in [4.78, 5) is 4.43. The highest BCUT2D eigenvalue weighted by Crippen LogP contribution is 2.56. The van der Waals surface area contributed by atoms with Crippen molar-refractivity contribution in [1.82, 2.24) is 4.98 Å². The van der Waals surface area contributed by atoms with Crippen LogP contribution in [0.2, 0.25) is 0 Å². The lowest BCUT2D eigenvalue weighted by atomic mass is 9.89. The summed E-state index contributed by atoms with van der Waals surface area (Å²) in [5.74, 6) is -0.537. The number of nitriles is 3. The molecule has 0 unspecified atom stereocenters. The van der Waals surface area contributed by atoms with Crippen LogP contribution >= 0.6 is 0 Å². The molecule has 0 saturated carbocycles. The van der Waals surface area contributed by atoms with Crippen molar-refractivity contribution in [2.75, 3.05) is 0 Å². The molecule has 1 aromatic heterocycles. The van der Waals surface area contributed by atoms with Crippen molar-refractivity contribution in [3.8, 4) is 35.2 Å². The summed E-state index contributed by atoms with van der Waals surface area (Å²) < 4.78 is 15.0. The maximum Gasteiger partial charge on any atom is 0.138 e. The molecular formula is C26H11FN4O. The van der Waals surface area contributed by atoms with Gasteiger partial charge < -0.3 is 5.11 Å². The van der Waals surface area contributed by atoms with Crippen molar-refractivity contribution in [3.63, 3.8) is 0 Å². The standard InChI is InChI=1S/C26H11FN4O/c27-19-7-1-4-15-21(14(12-29)13-30)25(17(9-10-28)22(15)19)23-16-5-2-8-20(32)24(16)26-18(23)6-3-11-31-26/h1-9,11,32H/b17-9?,25-23+. The Morgan fingerprint density at radius 3 is 2.34 bits per heavy atom. The third-order valence-corrected chi connectivity index (χ3v) is 5.63. The van der Waals surface area contributed by atoms with Crippen LogP contribution in [0.4, 0.5) is 4.39 Å². The zero-order chi connectivity index (χ0) is 22.4. The third kappa shape index (κ3) is 2.43. The fourth-order valence-corrected chi connectivity index (χ4v) is 4.48. The summed E-state index contributed by atoms with van der Waals surface area (Å²) in [7, 11) is 0. The van der Waals surface area contributed by atoms with Gasteiger partial charge in [0.2, 0.25) is 0 Å². The van der Waals surface area contributed by atoms with Gasteiger partial charge in [-0.15, -0.1) is 0 Å². The SMILES string of the molecule is N#CC=C1/C(=C2\c3cccnc3-c3c(O)cccc32)C(=C(C#N)C#N)c2cccc(F)c21. The number of allylic oxidation sites excluding steroid dienone is 5. The van der Waals surface area contributed by atoms with E-state index in [0.717, 1.165) is 0 Å². The Hall–Kier alpha value is -4.99. The number of phenols is 1. The minimum absolute atomic E-state index is 0.0249. The van der Waals surface area contributed by atoms with Gasteiger partial charge in [0.15, 0.2) is 0 Å². The molecular weight excluding hydrogens is 403 g/mol. The molecule has 2 aliphatic rings. The van der Waals surface area contributed by atoms with E-state index in [2.05, 4.69) is 4.98 Å². The van der Waals surface area contributed by atoms with Gasteiger partial charge in [0.25, 0.3) is 0 Å². The van der Waals surface area contributed by atoms with Crippen LogP contribution in [-0.4, -0.2) is 10.1 Å². The molecule has 0 radical (unpaired) electrons. The first kappa shape index (κ1) is 19.0. The minimum Gasteiger partial charge on any atom is -0.507 e. The van der Waals surface area contributed by atoms with Gasteiger partial charge in [-0.3, -0.25) is 4.98 Å². The molecule has 148 valence electrons. The first-order valence-corrected chi connectivity index (χ1v) is 9.59. The van der Waals surface area contributed by atoms with E-state index in [-0.39, 0.29) is 28.0 Å². The summed E-state index contributed by atoms with van der Waals surface area (Å²) in [6, 6.07) is 18.8. The number of hydrogen-bond acceptors (Lipinski definition) is 5. The Bertz CT molecular complexity index is 1560. The second kappa shape index (κ2) is 7.06. The van der Waals surface area contributed by atoms with E-state index in [1.807, 2.05) is 24.3 Å². The summed E-state index contributed by atoms with van der Waals surface area (Å²) in [6.45, 7) is 0. The molecule has 0 saturated heterocycles. The van der Waals surface area contributed by atoms with Gasteiger partial charge in [-0.1, -0.05) is 30.3 Å². The molecule has 0 spiro atoms. The second-order valence-electron chi connectivity index (χ2n) is 7.17. The summed E-state index contributed by atoms with van der Waals surface area (Å²) in [6.07, 6.45) is 2.82. The molecule has 5 nitrogen and oxygen atoms in total. The highest BCUT2D eigenvalue weighted by atomic mass is 19.1. The van der Waals surface area contributed by atoms with Gasteiger partial charge in [-0.2, -0.15) is 15.8 Å². The van der Waals surface area contributed by atoms with Crippen LogP contribution in [0, 0.1) is 39.8 Å². The Balaban J connectivity index is 2.05. The number of phenolic OH excluding ortho intramolecular Hbond substituents is 1. The van der Waals surface area contributed by atoms with Crippen LogP contribution in [0.25, 0.3) is 28.0 Å². The molecule has 0 amide bonds. The van der Waals surface area contributed by atoms with Crippen molar-refractivity contribution in [2.24, 2.45) is 0 Å². The van der Waals surface area contributed by atoms with Gasteiger partial charge in [-0.25, -0.2) is 4.39 Å². The quantitative estimate of drug-likeness (QED) is 0.402. The number of pyridine rings is 1. The van der Waals surface area contributed by atoms with Crippen LogP contribution in [0.15, 0.2) is 72.0 Å². The largest absolute Gasteiger partial charge is 0.507 e. The zero-order valence-electron chi connectivity index (χ0n) is 16.4. The molecule has 0 fully saturated rings. The van der Waals surface area contributed by atoms with Gasteiger partial charge in [-0.05, 0) is 29.3 Å². The van der Waals surface area contributed by atoms with Crippen molar-refractivity contribution < 1.29 is 9.50 Å². The van der Waals surface area contributed by atoms with Gasteiger partial charge in [0.05, 0.1) is 17.3 Å². The van der Waals surface area contributed by atoms with E-state index in [0.29, 0.717) is 39.1 Å². The van der Waals surface area contributed by atoms with Crippen LogP contribution in [0.1, 0.15) is 22.3 Å². The lowest BCUT2D eigenvalue weighted by Crippen LogP contribution is -1.94. The topological polar surface area (TPSA) is 104 Å². The number of halogens is 1. The van der Waals surface area contributed by atoms with Gasteiger partial charge in [0.1, 0.15) is 29.3 Å². The third-order valence-electron chi connectivity index (χ3n) is 5.63. The number of benzene rings is 2. The number of nitrogens with zero attached hydrogens (tertiary/aromatic N) is 4. The van der Waals surface area contributed by atoms with E-state index in [4.69, 9.17) is 0 Å². The average molecular weight is 414 g/mol. The normalized spacial score (nSPS) is 16.6. The van der Waals surface area contributed by atoms with Crippen LogP contribution < -0.4 is 0 Å². The fraction of sp³-hybridized carbons (Fsp3) is 0. The first-order valence-electron chi connectivity index (χ1n) is 9.59. The molecule has 2 aliphatic carbocycles. The number of aromatic hydroxyl groups is 1. The molecule has 32 heavy (non-hydrogen) atoms. The Kier molecular flexibility index (Phi) is 4.19. The zero-order valence-corrected chi connectivity index (χ0v) is 16.4. The Morgan fingerprint density at radius 2 is 1.59 bits per heavy atom. The molecule has 2 aromatic carbocycles. The first-order chi connectivity index (χ1) is 15.6. The van der Waals surface area contributed by atoms with E-state index >= 15 is 4.39 Å². The summed E-state index contributed by atoms with van der Waals surface area (Å²) >= 11 is 0. The predicted octanol–water partition coefficient (Wildman–Crippen LogP) is 5.13. The predicted molar refractivity (Wildman–Crippen MR) is 115 cm³/mol. The number of rotatable bonds is 0. The maximum absolute atomic E-state index is 15.0. The second-order valence-corrected chi connectivity index (χ2v) is 7.17. The minimum atomic E-state index is -0.562.